The van der Waals surface area contributed by atoms with E-state index in [0.29, 0.717) is 5.56 Å². The molecule has 0 aliphatic rings. The number of phenolic OH excluding ortho intramolecular Hbond substituents is 2. The number of hydrogen-bond donors (Lipinski definition) is 3. The number of fused-ring (bicyclic) bond motifs is 1. The largest absolute Gasteiger partial charge is 0.508 e. The lowest BCUT2D eigenvalue weighted by Crippen LogP contribution is -2.20. The van der Waals surface area contributed by atoms with Crippen molar-refractivity contribution >= 4 is 22.6 Å². The van der Waals surface area contributed by atoms with E-state index >= 15 is 0 Å². The van der Waals surface area contributed by atoms with Crippen molar-refractivity contribution in [1.29, 1.82) is 0 Å². The maximum absolute atomic E-state index is 13.2. The zero-order chi connectivity index (χ0) is 19.0. The number of hydrogen-bond acceptors (Lipinski definition) is 5. The van der Waals surface area contributed by atoms with E-state index in [1.807, 2.05) is 0 Å². The van der Waals surface area contributed by atoms with Crippen molar-refractivity contribution in [3.8, 4) is 11.5 Å². The number of carbonyl (C=O) groups is 1. The minimum Gasteiger partial charge on any atom is -0.508 e. The molecule has 0 fully saturated rings. The van der Waals surface area contributed by atoms with Gasteiger partial charge < -0.3 is 19.9 Å². The molecule has 0 aliphatic heterocycles. The molecular weight excluding hydrogens is 348 g/mol. The normalized spacial score (nSPS) is 10.9. The molecule has 1 aromatic heterocycles. The quantitative estimate of drug-likeness (QED) is 0.623. The lowest BCUT2D eigenvalue weighted by Gasteiger charge is -2.10. The summed E-state index contributed by atoms with van der Waals surface area (Å²) < 4.78 is 31.2. The van der Waals surface area contributed by atoms with Crippen LogP contribution in [0.4, 0.5) is 14.5 Å². The fraction of sp³-hybridized carbons (Fsp3) is 0.111. The monoisotopic (exact) mass is 361 g/mol. The zero-order valence-corrected chi connectivity index (χ0v) is 13.5. The first-order chi connectivity index (χ1) is 12.3. The molecule has 3 aromatic rings. The van der Waals surface area contributed by atoms with Crippen molar-refractivity contribution in [3.63, 3.8) is 0 Å². The van der Waals surface area contributed by atoms with Crippen LogP contribution in [0.15, 0.2) is 39.5 Å². The molecule has 134 valence electrons. The van der Waals surface area contributed by atoms with Crippen LogP contribution in [0.1, 0.15) is 11.1 Å². The number of nitrogens with one attached hydrogen (secondary N) is 1. The molecule has 0 bridgehead atoms. The van der Waals surface area contributed by atoms with Gasteiger partial charge in [-0.1, -0.05) is 0 Å². The van der Waals surface area contributed by atoms with E-state index in [1.54, 1.807) is 0 Å². The summed E-state index contributed by atoms with van der Waals surface area (Å²) in [5.41, 5.74) is -0.479. The molecular formula is C18H13F2NO5. The summed E-state index contributed by atoms with van der Waals surface area (Å²) in [6.45, 7) is 1.52. The van der Waals surface area contributed by atoms with Gasteiger partial charge in [0.25, 0.3) is 0 Å². The number of amides is 1. The summed E-state index contributed by atoms with van der Waals surface area (Å²) in [7, 11) is 0. The topological polar surface area (TPSA) is 99.8 Å². The number of phenols is 2. The highest BCUT2D eigenvalue weighted by Crippen LogP contribution is 2.32. The molecule has 6 nitrogen and oxygen atoms in total. The minimum atomic E-state index is -1.12. The first kappa shape index (κ1) is 17.4. The van der Waals surface area contributed by atoms with E-state index in [1.165, 1.54) is 19.1 Å². The third-order valence-corrected chi connectivity index (χ3v) is 3.88. The maximum atomic E-state index is 13.2. The Morgan fingerprint density at radius 3 is 2.58 bits per heavy atom. The summed E-state index contributed by atoms with van der Waals surface area (Å²) in [5, 5.41) is 22.0. The maximum Gasteiger partial charge on any atom is 0.340 e. The Kier molecular flexibility index (Phi) is 4.33. The van der Waals surface area contributed by atoms with Gasteiger partial charge in [0.15, 0.2) is 11.6 Å². The second-order valence-corrected chi connectivity index (χ2v) is 5.68. The summed E-state index contributed by atoms with van der Waals surface area (Å²) in [5.74, 6) is -3.39. The summed E-state index contributed by atoms with van der Waals surface area (Å²) >= 11 is 0. The van der Waals surface area contributed by atoms with Crippen molar-refractivity contribution in [2.45, 2.75) is 13.3 Å². The van der Waals surface area contributed by atoms with E-state index in [4.69, 9.17) is 4.42 Å². The van der Waals surface area contributed by atoms with Gasteiger partial charge in [-0.05, 0) is 24.6 Å². The Balaban J connectivity index is 1.94. The molecule has 1 amide bonds. The molecule has 0 atom stereocenters. The Morgan fingerprint density at radius 1 is 1.15 bits per heavy atom. The number of rotatable bonds is 3. The Labute approximate surface area is 145 Å². The molecule has 1 heterocycles. The van der Waals surface area contributed by atoms with Crippen molar-refractivity contribution < 1.29 is 28.2 Å². The SMILES string of the molecule is Cc1c(CC(=O)Nc2ccc(F)c(F)c2)c(=O)oc2cc(O)cc(O)c12. The van der Waals surface area contributed by atoms with Crippen LogP contribution in [-0.2, 0) is 11.2 Å². The van der Waals surface area contributed by atoms with Gasteiger partial charge >= 0.3 is 5.63 Å². The number of benzene rings is 2. The van der Waals surface area contributed by atoms with Crippen LogP contribution in [0.25, 0.3) is 11.0 Å². The van der Waals surface area contributed by atoms with E-state index < -0.39 is 29.6 Å². The molecule has 3 rings (SSSR count). The third-order valence-electron chi connectivity index (χ3n) is 3.88. The van der Waals surface area contributed by atoms with Crippen LogP contribution in [0.2, 0.25) is 0 Å². The highest BCUT2D eigenvalue weighted by Gasteiger charge is 2.18. The van der Waals surface area contributed by atoms with Gasteiger partial charge in [-0.25, -0.2) is 13.6 Å². The van der Waals surface area contributed by atoms with E-state index in [2.05, 4.69) is 5.32 Å². The van der Waals surface area contributed by atoms with Crippen molar-refractivity contribution in [1.82, 2.24) is 0 Å². The molecule has 0 spiro atoms. The number of aryl methyl sites for hydroxylation is 1. The Morgan fingerprint density at radius 2 is 1.88 bits per heavy atom. The minimum absolute atomic E-state index is 0.00132. The van der Waals surface area contributed by atoms with Crippen molar-refractivity contribution in [2.24, 2.45) is 0 Å². The molecule has 0 aliphatic carbocycles. The van der Waals surface area contributed by atoms with Crippen LogP contribution >= 0.6 is 0 Å². The molecule has 0 radical (unpaired) electrons. The van der Waals surface area contributed by atoms with Gasteiger partial charge in [-0.3, -0.25) is 4.79 Å². The standard InChI is InChI=1S/C18H13F2NO5/c1-8-11(7-16(24)21-9-2-3-12(19)13(20)4-9)18(25)26-15-6-10(22)5-14(23)17(8)15/h2-6,22-23H,7H2,1H3,(H,21,24). The molecule has 8 heteroatoms. The van der Waals surface area contributed by atoms with Gasteiger partial charge in [-0.15, -0.1) is 0 Å². The lowest BCUT2D eigenvalue weighted by atomic mass is 10.0. The predicted octanol–water partition coefficient (Wildman–Crippen LogP) is 2.97. The van der Waals surface area contributed by atoms with E-state index in [-0.39, 0.29) is 33.7 Å². The van der Waals surface area contributed by atoms with E-state index in [9.17, 15) is 28.6 Å². The van der Waals surface area contributed by atoms with Crippen LogP contribution < -0.4 is 10.9 Å². The van der Waals surface area contributed by atoms with Crippen LogP contribution in [0.5, 0.6) is 11.5 Å². The third kappa shape index (κ3) is 3.21. The Hall–Kier alpha value is -3.42. The lowest BCUT2D eigenvalue weighted by molar-refractivity contribution is -0.115. The van der Waals surface area contributed by atoms with Gasteiger partial charge in [0.2, 0.25) is 5.91 Å². The van der Waals surface area contributed by atoms with Gasteiger partial charge in [0.1, 0.15) is 17.1 Å². The molecule has 26 heavy (non-hydrogen) atoms. The van der Waals surface area contributed by atoms with Crippen LogP contribution in [0, 0.1) is 18.6 Å². The second kappa shape index (κ2) is 6.47. The van der Waals surface area contributed by atoms with Crippen LogP contribution in [0.3, 0.4) is 0 Å². The van der Waals surface area contributed by atoms with E-state index in [0.717, 1.165) is 18.2 Å². The predicted molar refractivity (Wildman–Crippen MR) is 89.2 cm³/mol. The number of halogens is 2. The molecule has 0 saturated carbocycles. The average molecular weight is 361 g/mol. The van der Waals surface area contributed by atoms with Gasteiger partial charge in [-0.2, -0.15) is 0 Å². The number of anilines is 1. The first-order valence-corrected chi connectivity index (χ1v) is 7.49. The average Bonchev–Trinajstić information content (AvgIpc) is 2.54. The number of carbonyl (C=O) groups excluding carboxylic acids is 1. The summed E-state index contributed by atoms with van der Waals surface area (Å²) in [6.07, 6.45) is -0.399. The van der Waals surface area contributed by atoms with Gasteiger partial charge in [0, 0.05) is 23.9 Å². The van der Waals surface area contributed by atoms with Crippen LogP contribution in [-0.4, -0.2) is 16.1 Å². The summed E-state index contributed by atoms with van der Waals surface area (Å²) in [4.78, 5) is 24.3. The molecule has 3 N–H and O–H groups in total. The molecule has 0 saturated heterocycles. The van der Waals surface area contributed by atoms with Gasteiger partial charge in [0.05, 0.1) is 17.4 Å². The summed E-state index contributed by atoms with van der Waals surface area (Å²) in [6, 6.07) is 5.12. The molecule has 0 unspecified atom stereocenters. The highest BCUT2D eigenvalue weighted by molar-refractivity contribution is 5.94. The molecule has 2 aromatic carbocycles. The first-order valence-electron chi connectivity index (χ1n) is 7.49. The fourth-order valence-electron chi connectivity index (χ4n) is 2.65. The zero-order valence-electron chi connectivity index (χ0n) is 13.5. The van der Waals surface area contributed by atoms with Crippen molar-refractivity contribution in [3.05, 3.63) is 63.5 Å². The fourth-order valence-corrected chi connectivity index (χ4v) is 2.65. The van der Waals surface area contributed by atoms with Crippen molar-refractivity contribution in [2.75, 3.05) is 5.32 Å². The second-order valence-electron chi connectivity index (χ2n) is 5.68. The Bertz CT molecular complexity index is 1090. The highest BCUT2D eigenvalue weighted by atomic mass is 19.2. The smallest absolute Gasteiger partial charge is 0.340 e. The number of aromatic hydroxyl groups is 2.